The molecule has 0 spiro atoms. The number of thioether (sulfide) groups is 1. The molecule has 0 atom stereocenters. The number of amides is 1. The second-order valence-corrected chi connectivity index (χ2v) is 6.25. The molecule has 2 aliphatic rings. The third kappa shape index (κ3) is 2.89. The third-order valence-corrected chi connectivity index (χ3v) is 4.77. The fourth-order valence-corrected chi connectivity index (χ4v) is 3.55. The van der Waals surface area contributed by atoms with Crippen molar-refractivity contribution >= 4 is 29.4 Å². The second kappa shape index (κ2) is 6.17. The molecule has 0 unspecified atom stereocenters. The molecule has 0 radical (unpaired) electrons. The molecule has 4 rings (SSSR count). The molecule has 0 aliphatic carbocycles. The first-order chi connectivity index (χ1) is 11.3. The Morgan fingerprint density at radius 1 is 1.22 bits per heavy atom. The third-order valence-electron chi connectivity index (χ3n) is 3.80. The van der Waals surface area contributed by atoms with Crippen LogP contribution in [0.15, 0.2) is 16.7 Å². The highest BCUT2D eigenvalue weighted by Crippen LogP contribution is 2.34. The van der Waals surface area contributed by atoms with Gasteiger partial charge in [-0.3, -0.25) is 10.1 Å². The molecule has 1 fully saturated rings. The van der Waals surface area contributed by atoms with Gasteiger partial charge in [-0.25, -0.2) is 0 Å². The van der Waals surface area contributed by atoms with E-state index in [1.54, 1.807) is 23.9 Å². The largest absolute Gasteiger partial charge is 0.378 e. The Balaban J connectivity index is 1.45. The Labute approximate surface area is 136 Å². The summed E-state index contributed by atoms with van der Waals surface area (Å²) in [5.41, 5.74) is 2.11. The van der Waals surface area contributed by atoms with Crippen LogP contribution in [0.5, 0.6) is 0 Å². The number of hydrogen-bond acceptors (Lipinski definition) is 8. The molecule has 8 nitrogen and oxygen atoms in total. The van der Waals surface area contributed by atoms with Gasteiger partial charge in [-0.05, 0) is 12.1 Å². The first-order valence-corrected chi connectivity index (χ1v) is 8.49. The molecule has 2 aromatic rings. The van der Waals surface area contributed by atoms with E-state index in [1.165, 1.54) is 0 Å². The number of ether oxygens (including phenoxy) is 1. The lowest BCUT2D eigenvalue weighted by Gasteiger charge is -2.27. The molecule has 23 heavy (non-hydrogen) atoms. The van der Waals surface area contributed by atoms with Crippen molar-refractivity contribution in [1.29, 1.82) is 0 Å². The molecule has 1 amide bonds. The van der Waals surface area contributed by atoms with E-state index in [-0.39, 0.29) is 11.6 Å². The van der Waals surface area contributed by atoms with Crippen molar-refractivity contribution in [3.63, 3.8) is 0 Å². The fraction of sp³-hybridized carbons (Fsp3) is 0.429. The molecular weight excluding hydrogens is 318 g/mol. The normalized spacial score (nSPS) is 17.1. The van der Waals surface area contributed by atoms with Gasteiger partial charge < -0.3 is 14.2 Å². The number of nitrogens with zero attached hydrogens (tertiary/aromatic N) is 4. The fourth-order valence-electron chi connectivity index (χ4n) is 2.53. The van der Waals surface area contributed by atoms with E-state index in [2.05, 4.69) is 25.6 Å². The average Bonchev–Trinajstić information content (AvgIpc) is 3.21. The lowest BCUT2D eigenvalue weighted by molar-refractivity contribution is 0.101. The van der Waals surface area contributed by atoms with Crippen molar-refractivity contribution in [2.75, 3.05) is 36.5 Å². The molecule has 2 aromatic heterocycles. The molecule has 0 saturated carbocycles. The van der Waals surface area contributed by atoms with E-state index >= 15 is 0 Å². The van der Waals surface area contributed by atoms with Crippen LogP contribution in [0.2, 0.25) is 0 Å². The average molecular weight is 333 g/mol. The maximum Gasteiger partial charge on any atom is 0.278 e. The van der Waals surface area contributed by atoms with Crippen molar-refractivity contribution in [2.45, 2.75) is 11.5 Å². The lowest BCUT2D eigenvalue weighted by atomic mass is 10.3. The summed E-state index contributed by atoms with van der Waals surface area (Å²) in [6, 6.07) is 3.46. The van der Waals surface area contributed by atoms with E-state index in [9.17, 15) is 4.79 Å². The lowest BCUT2D eigenvalue weighted by Crippen LogP contribution is -2.37. The Kier molecular flexibility index (Phi) is 3.88. The molecule has 0 aromatic carbocycles. The first kappa shape index (κ1) is 14.5. The van der Waals surface area contributed by atoms with Crippen LogP contribution < -0.4 is 10.2 Å². The molecule has 120 valence electrons. The zero-order valence-corrected chi connectivity index (χ0v) is 13.1. The van der Waals surface area contributed by atoms with Crippen LogP contribution in [0.3, 0.4) is 0 Å². The Morgan fingerprint density at radius 3 is 2.87 bits per heavy atom. The minimum absolute atomic E-state index is 0.248. The summed E-state index contributed by atoms with van der Waals surface area (Å²) < 4.78 is 10.5. The van der Waals surface area contributed by atoms with Crippen molar-refractivity contribution in [2.24, 2.45) is 0 Å². The number of hydrogen-bond donors (Lipinski definition) is 1. The van der Waals surface area contributed by atoms with Gasteiger partial charge in [0.1, 0.15) is 0 Å². The number of morpholine rings is 1. The molecule has 4 heterocycles. The summed E-state index contributed by atoms with van der Waals surface area (Å²) in [6.07, 6.45) is 0. The maximum atomic E-state index is 12.3. The van der Waals surface area contributed by atoms with Crippen molar-refractivity contribution in [1.82, 2.24) is 15.4 Å². The van der Waals surface area contributed by atoms with Gasteiger partial charge in [0.2, 0.25) is 5.88 Å². The van der Waals surface area contributed by atoms with Gasteiger partial charge in [-0.1, -0.05) is 5.16 Å². The standard InChI is InChI=1S/C14H15N5O3S/c20-13(15-14-9-7-23-8-11(9)18-22-14)10-1-2-12(17-16-10)19-3-5-21-6-4-19/h1-2H,3-8H2,(H,15,20). The van der Waals surface area contributed by atoms with Gasteiger partial charge in [-0.15, -0.1) is 10.2 Å². The monoisotopic (exact) mass is 333 g/mol. The highest BCUT2D eigenvalue weighted by atomic mass is 32.2. The van der Waals surface area contributed by atoms with Gasteiger partial charge in [-0.2, -0.15) is 11.8 Å². The predicted molar refractivity (Wildman–Crippen MR) is 84.5 cm³/mol. The van der Waals surface area contributed by atoms with E-state index in [1.807, 2.05) is 0 Å². The van der Waals surface area contributed by atoms with Gasteiger partial charge in [0, 0.05) is 24.6 Å². The number of fused-ring (bicyclic) bond motifs is 1. The molecule has 9 heteroatoms. The minimum atomic E-state index is -0.345. The Morgan fingerprint density at radius 2 is 2.09 bits per heavy atom. The topological polar surface area (TPSA) is 93.4 Å². The van der Waals surface area contributed by atoms with Gasteiger partial charge >= 0.3 is 0 Å². The SMILES string of the molecule is O=C(Nc1onc2c1CSC2)c1ccc(N2CCOCC2)nn1. The van der Waals surface area contributed by atoms with E-state index in [0.29, 0.717) is 19.1 Å². The zero-order valence-electron chi connectivity index (χ0n) is 12.3. The second-order valence-electron chi connectivity index (χ2n) is 5.26. The highest BCUT2D eigenvalue weighted by molar-refractivity contribution is 7.98. The highest BCUT2D eigenvalue weighted by Gasteiger charge is 2.23. The van der Waals surface area contributed by atoms with Crippen molar-refractivity contribution < 1.29 is 14.1 Å². The smallest absolute Gasteiger partial charge is 0.278 e. The first-order valence-electron chi connectivity index (χ1n) is 7.34. The summed E-state index contributed by atoms with van der Waals surface area (Å²) in [6.45, 7) is 2.92. The molecule has 1 saturated heterocycles. The number of aromatic nitrogens is 3. The number of anilines is 2. The summed E-state index contributed by atoms with van der Waals surface area (Å²) in [7, 11) is 0. The number of nitrogens with one attached hydrogen (secondary N) is 1. The van der Waals surface area contributed by atoms with Crippen LogP contribution in [0.25, 0.3) is 0 Å². The Bertz CT molecular complexity index is 712. The Hall–Kier alpha value is -2.13. The number of carbonyl (C=O) groups is 1. The summed E-state index contributed by atoms with van der Waals surface area (Å²) >= 11 is 1.75. The number of rotatable bonds is 3. The van der Waals surface area contributed by atoms with Crippen molar-refractivity contribution in [3.05, 3.63) is 29.1 Å². The minimum Gasteiger partial charge on any atom is -0.378 e. The predicted octanol–water partition coefficient (Wildman–Crippen LogP) is 1.30. The van der Waals surface area contributed by atoms with Crippen LogP contribution in [0, 0.1) is 0 Å². The molecule has 1 N–H and O–H groups in total. The van der Waals surface area contributed by atoms with Gasteiger partial charge in [0.25, 0.3) is 5.91 Å². The van der Waals surface area contributed by atoms with Crippen LogP contribution in [-0.2, 0) is 16.2 Å². The van der Waals surface area contributed by atoms with E-state index < -0.39 is 0 Å². The van der Waals surface area contributed by atoms with Crippen molar-refractivity contribution in [3.8, 4) is 0 Å². The van der Waals surface area contributed by atoms with Crippen LogP contribution >= 0.6 is 11.8 Å². The molecule has 2 aliphatic heterocycles. The van der Waals surface area contributed by atoms with Crippen LogP contribution in [-0.4, -0.2) is 47.6 Å². The molecular formula is C14H15N5O3S. The van der Waals surface area contributed by atoms with Gasteiger partial charge in [0.05, 0.1) is 24.5 Å². The summed E-state index contributed by atoms with van der Waals surface area (Å²) in [5.74, 6) is 2.44. The van der Waals surface area contributed by atoms with Gasteiger partial charge in [0.15, 0.2) is 11.5 Å². The maximum absolute atomic E-state index is 12.3. The molecule has 0 bridgehead atoms. The van der Waals surface area contributed by atoms with Crippen LogP contribution in [0.4, 0.5) is 11.7 Å². The van der Waals surface area contributed by atoms with E-state index in [0.717, 1.165) is 41.7 Å². The summed E-state index contributed by atoms with van der Waals surface area (Å²) in [4.78, 5) is 14.3. The van der Waals surface area contributed by atoms with Crippen LogP contribution in [0.1, 0.15) is 21.7 Å². The number of carbonyl (C=O) groups excluding carboxylic acids is 1. The zero-order chi connectivity index (χ0) is 15.6. The quantitative estimate of drug-likeness (QED) is 0.898. The van der Waals surface area contributed by atoms with E-state index in [4.69, 9.17) is 9.26 Å². The summed E-state index contributed by atoms with van der Waals surface area (Å²) in [5, 5.41) is 14.8.